The maximum absolute atomic E-state index is 12.5. The van der Waals surface area contributed by atoms with E-state index in [2.05, 4.69) is 31.3 Å². The molecule has 0 aromatic carbocycles. The van der Waals surface area contributed by atoms with Crippen molar-refractivity contribution in [2.24, 2.45) is 5.92 Å². The molecule has 3 aromatic rings. The molecule has 0 spiro atoms. The monoisotopic (exact) mass is 413 g/mol. The third kappa shape index (κ3) is 4.04. The third-order valence-corrected chi connectivity index (χ3v) is 3.80. The smallest absolute Gasteiger partial charge is 0.251 e. The lowest BCUT2D eigenvalue weighted by molar-refractivity contribution is -0.117. The molecule has 0 aliphatic carbocycles. The van der Waals surface area contributed by atoms with Gasteiger partial charge < -0.3 is 9.73 Å². The van der Waals surface area contributed by atoms with Crippen LogP contribution in [0.2, 0.25) is 0 Å². The van der Waals surface area contributed by atoms with Gasteiger partial charge in [0.15, 0.2) is 11.7 Å². The molecule has 0 fully saturated rings. The van der Waals surface area contributed by atoms with Crippen LogP contribution in [0.4, 0.5) is 5.82 Å². The fourth-order valence-corrected chi connectivity index (χ4v) is 2.52. The summed E-state index contributed by atoms with van der Waals surface area (Å²) in [7, 11) is 0. The predicted octanol–water partition coefficient (Wildman–Crippen LogP) is 2.64. The molecule has 1 atom stereocenters. The van der Waals surface area contributed by atoms with E-state index in [4.69, 9.17) is 4.42 Å². The number of halogens is 1. The van der Waals surface area contributed by atoms with Gasteiger partial charge in [-0.2, -0.15) is 10.4 Å². The summed E-state index contributed by atoms with van der Waals surface area (Å²) < 4.78 is 7.90. The molecule has 9 heteroatoms. The Labute approximate surface area is 156 Å². The van der Waals surface area contributed by atoms with E-state index in [-0.39, 0.29) is 11.6 Å². The number of hydrogen-bond acceptors (Lipinski definition) is 6. The molecule has 130 valence electrons. The summed E-state index contributed by atoms with van der Waals surface area (Å²) in [6, 6.07) is 9.68. The van der Waals surface area contributed by atoms with Crippen LogP contribution in [0.5, 0.6) is 0 Å². The Morgan fingerprint density at radius 2 is 2.19 bits per heavy atom. The molecule has 1 amide bonds. The minimum atomic E-state index is -1.53. The lowest BCUT2D eigenvalue weighted by atomic mass is 10.0. The van der Waals surface area contributed by atoms with Crippen LogP contribution >= 0.6 is 15.9 Å². The Bertz CT molecular complexity index is 974. The SMILES string of the molecule is N#CC(C(=O)Nc1ccccn1)C(=O)c1ccc(Cn2cc(Br)cn2)o1. The van der Waals surface area contributed by atoms with Crippen molar-refractivity contribution < 1.29 is 14.0 Å². The normalized spacial score (nSPS) is 11.5. The van der Waals surface area contributed by atoms with E-state index in [1.54, 1.807) is 47.4 Å². The number of hydrogen-bond donors (Lipinski definition) is 1. The number of Topliss-reactive ketones (excluding diaryl/α,β-unsaturated/α-hetero) is 1. The zero-order valence-electron chi connectivity index (χ0n) is 13.3. The van der Waals surface area contributed by atoms with Gasteiger partial charge in [-0.1, -0.05) is 6.07 Å². The van der Waals surface area contributed by atoms with Gasteiger partial charge in [0.05, 0.1) is 23.3 Å². The molecule has 0 aliphatic rings. The second-order valence-electron chi connectivity index (χ2n) is 5.25. The highest BCUT2D eigenvalue weighted by Crippen LogP contribution is 2.16. The van der Waals surface area contributed by atoms with Gasteiger partial charge in [-0.3, -0.25) is 14.3 Å². The first kappa shape index (κ1) is 17.6. The van der Waals surface area contributed by atoms with E-state index in [1.807, 2.05) is 0 Å². The Balaban J connectivity index is 1.70. The van der Waals surface area contributed by atoms with Crippen molar-refractivity contribution in [3.05, 3.63) is 64.9 Å². The molecule has 0 saturated heterocycles. The van der Waals surface area contributed by atoms with E-state index in [0.29, 0.717) is 12.3 Å². The van der Waals surface area contributed by atoms with Crippen molar-refractivity contribution in [1.29, 1.82) is 5.26 Å². The summed E-state index contributed by atoms with van der Waals surface area (Å²) in [5.41, 5.74) is 0. The summed E-state index contributed by atoms with van der Waals surface area (Å²) in [4.78, 5) is 28.6. The molecular formula is C17H12BrN5O3. The van der Waals surface area contributed by atoms with Gasteiger partial charge in [0, 0.05) is 12.4 Å². The van der Waals surface area contributed by atoms with Crippen molar-refractivity contribution in [2.45, 2.75) is 6.54 Å². The minimum absolute atomic E-state index is 0.0612. The fraction of sp³-hybridized carbons (Fsp3) is 0.118. The summed E-state index contributed by atoms with van der Waals surface area (Å²) >= 11 is 3.29. The number of ketones is 1. The molecule has 0 bridgehead atoms. The quantitative estimate of drug-likeness (QED) is 0.490. The number of amides is 1. The third-order valence-electron chi connectivity index (χ3n) is 3.39. The molecular weight excluding hydrogens is 402 g/mol. The molecule has 3 aromatic heterocycles. The van der Waals surface area contributed by atoms with E-state index in [9.17, 15) is 14.9 Å². The number of nitriles is 1. The average Bonchev–Trinajstić information content (AvgIpc) is 3.26. The van der Waals surface area contributed by atoms with Crippen LogP contribution in [0.25, 0.3) is 0 Å². The highest BCUT2D eigenvalue weighted by atomic mass is 79.9. The zero-order chi connectivity index (χ0) is 18.5. The zero-order valence-corrected chi connectivity index (χ0v) is 14.9. The first-order valence-corrected chi connectivity index (χ1v) is 8.28. The molecule has 8 nitrogen and oxygen atoms in total. The van der Waals surface area contributed by atoms with Crippen LogP contribution < -0.4 is 5.32 Å². The van der Waals surface area contributed by atoms with Crippen LogP contribution in [-0.2, 0) is 11.3 Å². The summed E-state index contributed by atoms with van der Waals surface area (Å²) in [6.45, 7) is 0.316. The Morgan fingerprint density at radius 1 is 1.35 bits per heavy atom. The topological polar surface area (TPSA) is 114 Å². The molecule has 0 radical (unpaired) electrons. The van der Waals surface area contributed by atoms with Crippen molar-refractivity contribution in [2.75, 3.05) is 5.32 Å². The lowest BCUT2D eigenvalue weighted by Gasteiger charge is -2.07. The van der Waals surface area contributed by atoms with Crippen LogP contribution in [0.1, 0.15) is 16.3 Å². The summed E-state index contributed by atoms with van der Waals surface area (Å²) in [6.07, 6.45) is 4.87. The molecule has 26 heavy (non-hydrogen) atoms. The number of carbonyl (C=O) groups is 2. The molecule has 1 unspecified atom stereocenters. The van der Waals surface area contributed by atoms with Gasteiger partial charge in [-0.05, 0) is 40.2 Å². The van der Waals surface area contributed by atoms with Crippen LogP contribution in [0.3, 0.4) is 0 Å². The van der Waals surface area contributed by atoms with Gasteiger partial charge >= 0.3 is 0 Å². The Hall–Kier alpha value is -3.25. The summed E-state index contributed by atoms with van der Waals surface area (Å²) in [5.74, 6) is -2.33. The van der Waals surface area contributed by atoms with Gasteiger partial charge in [-0.15, -0.1) is 0 Å². The first-order chi connectivity index (χ1) is 12.6. The van der Waals surface area contributed by atoms with Crippen molar-refractivity contribution >= 4 is 33.4 Å². The second kappa shape index (κ2) is 7.76. The van der Waals surface area contributed by atoms with Gasteiger partial charge in [-0.25, -0.2) is 4.98 Å². The van der Waals surface area contributed by atoms with Crippen LogP contribution in [0, 0.1) is 17.2 Å². The van der Waals surface area contributed by atoms with Gasteiger partial charge in [0.25, 0.3) is 5.91 Å². The van der Waals surface area contributed by atoms with E-state index >= 15 is 0 Å². The van der Waals surface area contributed by atoms with Gasteiger partial charge in [0.2, 0.25) is 5.78 Å². The Morgan fingerprint density at radius 3 is 2.85 bits per heavy atom. The first-order valence-electron chi connectivity index (χ1n) is 7.49. The van der Waals surface area contributed by atoms with Crippen molar-refractivity contribution in [3.8, 4) is 6.07 Å². The molecule has 3 rings (SSSR count). The average molecular weight is 414 g/mol. The van der Waals surface area contributed by atoms with E-state index < -0.39 is 17.6 Å². The number of nitrogens with zero attached hydrogens (tertiary/aromatic N) is 4. The van der Waals surface area contributed by atoms with E-state index in [0.717, 1.165) is 4.47 Å². The number of aromatic nitrogens is 3. The fourth-order valence-electron chi connectivity index (χ4n) is 2.19. The number of anilines is 1. The number of nitrogens with one attached hydrogen (secondary N) is 1. The lowest BCUT2D eigenvalue weighted by Crippen LogP contribution is -2.28. The second-order valence-corrected chi connectivity index (χ2v) is 6.17. The van der Waals surface area contributed by atoms with E-state index in [1.165, 1.54) is 12.3 Å². The highest BCUT2D eigenvalue weighted by molar-refractivity contribution is 9.10. The number of pyridine rings is 1. The summed E-state index contributed by atoms with van der Waals surface area (Å²) in [5, 5.41) is 15.8. The maximum atomic E-state index is 12.5. The molecule has 0 aliphatic heterocycles. The number of rotatable bonds is 6. The Kier molecular flexibility index (Phi) is 5.24. The maximum Gasteiger partial charge on any atom is 0.251 e. The standard InChI is InChI=1S/C17H12BrN5O3/c18-11-8-21-23(9-11)10-12-4-5-14(26-12)16(24)13(7-19)17(25)22-15-3-1-2-6-20-15/h1-6,8-9,13H,10H2,(H,20,22,25). The van der Waals surface area contributed by atoms with Crippen LogP contribution in [0.15, 0.2) is 57.8 Å². The molecule has 0 saturated carbocycles. The number of furan rings is 1. The largest absolute Gasteiger partial charge is 0.456 e. The predicted molar refractivity (Wildman–Crippen MR) is 94.0 cm³/mol. The molecule has 3 heterocycles. The van der Waals surface area contributed by atoms with Gasteiger partial charge in [0.1, 0.15) is 11.6 Å². The van der Waals surface area contributed by atoms with Crippen LogP contribution in [-0.4, -0.2) is 26.5 Å². The van der Waals surface area contributed by atoms with Crippen molar-refractivity contribution in [1.82, 2.24) is 14.8 Å². The number of carbonyl (C=O) groups excluding carboxylic acids is 2. The minimum Gasteiger partial charge on any atom is -0.456 e. The molecule has 1 N–H and O–H groups in total. The highest BCUT2D eigenvalue weighted by Gasteiger charge is 2.30. The van der Waals surface area contributed by atoms with Crippen molar-refractivity contribution in [3.63, 3.8) is 0 Å².